The van der Waals surface area contributed by atoms with Gasteiger partial charge in [-0.25, -0.2) is 4.98 Å². The van der Waals surface area contributed by atoms with E-state index in [0.29, 0.717) is 18.0 Å². The number of anilines is 1. The van der Waals surface area contributed by atoms with Gasteiger partial charge in [-0.1, -0.05) is 6.92 Å². The Morgan fingerprint density at radius 3 is 2.76 bits per heavy atom. The highest BCUT2D eigenvalue weighted by molar-refractivity contribution is 5.94. The van der Waals surface area contributed by atoms with E-state index in [1.165, 1.54) is 25.9 Å². The van der Waals surface area contributed by atoms with Crippen molar-refractivity contribution in [2.75, 3.05) is 38.5 Å². The lowest BCUT2D eigenvalue weighted by atomic mass is 10.1. The zero-order valence-corrected chi connectivity index (χ0v) is 13.3. The number of hydrogen-bond donors (Lipinski definition) is 2. The average molecular weight is 290 g/mol. The Bertz CT molecular complexity index is 483. The molecule has 2 heterocycles. The molecule has 0 bridgehead atoms. The standard InChI is InChI=1S/C16H26N4O/c1-12(11-20-6-4-5-7-20)10-18-16(21)14-8-13(2)19-15(9-14)17-3/h8-9,12H,4-7,10-11H2,1-3H3,(H,17,19)(H,18,21). The van der Waals surface area contributed by atoms with E-state index in [1.807, 2.05) is 20.0 Å². The molecule has 116 valence electrons. The van der Waals surface area contributed by atoms with Crippen molar-refractivity contribution in [1.29, 1.82) is 0 Å². The molecule has 1 amide bonds. The van der Waals surface area contributed by atoms with Crippen LogP contribution in [0, 0.1) is 12.8 Å². The van der Waals surface area contributed by atoms with Crippen molar-refractivity contribution in [2.24, 2.45) is 5.92 Å². The number of rotatable bonds is 6. The van der Waals surface area contributed by atoms with Crippen LogP contribution in [0.2, 0.25) is 0 Å². The molecule has 1 fully saturated rings. The third-order valence-electron chi connectivity index (χ3n) is 3.85. The van der Waals surface area contributed by atoms with Gasteiger partial charge in [0, 0.05) is 31.4 Å². The number of pyridine rings is 1. The SMILES string of the molecule is CNc1cc(C(=O)NCC(C)CN2CCCC2)cc(C)n1. The quantitative estimate of drug-likeness (QED) is 0.840. The normalized spacial score (nSPS) is 16.7. The average Bonchev–Trinajstić information content (AvgIpc) is 2.96. The minimum absolute atomic E-state index is 0.0229. The minimum Gasteiger partial charge on any atom is -0.373 e. The molecule has 1 aromatic heterocycles. The Hall–Kier alpha value is -1.62. The van der Waals surface area contributed by atoms with Gasteiger partial charge in [-0.05, 0) is 50.9 Å². The van der Waals surface area contributed by atoms with Gasteiger partial charge in [0.15, 0.2) is 0 Å². The van der Waals surface area contributed by atoms with Crippen LogP contribution in [0.25, 0.3) is 0 Å². The monoisotopic (exact) mass is 290 g/mol. The fourth-order valence-electron chi connectivity index (χ4n) is 2.77. The van der Waals surface area contributed by atoms with Gasteiger partial charge in [0.2, 0.25) is 0 Å². The summed E-state index contributed by atoms with van der Waals surface area (Å²) in [5.41, 5.74) is 1.51. The molecule has 0 saturated carbocycles. The number of carbonyl (C=O) groups excluding carboxylic acids is 1. The topological polar surface area (TPSA) is 57.3 Å². The lowest BCUT2D eigenvalue weighted by Gasteiger charge is -2.20. The van der Waals surface area contributed by atoms with Crippen LogP contribution < -0.4 is 10.6 Å². The Balaban J connectivity index is 1.84. The zero-order valence-electron chi connectivity index (χ0n) is 13.3. The molecular formula is C16H26N4O. The molecule has 0 radical (unpaired) electrons. The summed E-state index contributed by atoms with van der Waals surface area (Å²) in [6.45, 7) is 8.27. The van der Waals surface area contributed by atoms with Gasteiger partial charge in [-0.15, -0.1) is 0 Å². The van der Waals surface area contributed by atoms with Crippen LogP contribution in [0.5, 0.6) is 0 Å². The van der Waals surface area contributed by atoms with Crippen LogP contribution in [0.1, 0.15) is 35.8 Å². The maximum Gasteiger partial charge on any atom is 0.251 e. The summed E-state index contributed by atoms with van der Waals surface area (Å²) >= 11 is 0. The van der Waals surface area contributed by atoms with E-state index in [-0.39, 0.29) is 5.91 Å². The van der Waals surface area contributed by atoms with Crippen molar-refractivity contribution in [3.8, 4) is 0 Å². The second-order valence-electron chi connectivity index (χ2n) is 5.96. The van der Waals surface area contributed by atoms with Crippen LogP contribution >= 0.6 is 0 Å². The van der Waals surface area contributed by atoms with Gasteiger partial charge >= 0.3 is 0 Å². The number of carbonyl (C=O) groups is 1. The van der Waals surface area contributed by atoms with E-state index in [2.05, 4.69) is 27.4 Å². The first-order chi connectivity index (χ1) is 10.1. The van der Waals surface area contributed by atoms with Gasteiger partial charge < -0.3 is 15.5 Å². The van der Waals surface area contributed by atoms with Crippen LogP contribution in [-0.4, -0.2) is 49.0 Å². The molecule has 0 spiro atoms. The van der Waals surface area contributed by atoms with Crippen LogP contribution in [0.4, 0.5) is 5.82 Å². The smallest absolute Gasteiger partial charge is 0.251 e. The van der Waals surface area contributed by atoms with Crippen molar-refractivity contribution in [2.45, 2.75) is 26.7 Å². The van der Waals surface area contributed by atoms with E-state index < -0.39 is 0 Å². The summed E-state index contributed by atoms with van der Waals surface area (Å²) in [5, 5.41) is 6.01. The minimum atomic E-state index is -0.0229. The van der Waals surface area contributed by atoms with Gasteiger partial charge in [-0.3, -0.25) is 4.79 Å². The highest BCUT2D eigenvalue weighted by atomic mass is 16.1. The van der Waals surface area contributed by atoms with Gasteiger partial charge in [-0.2, -0.15) is 0 Å². The Morgan fingerprint density at radius 1 is 1.38 bits per heavy atom. The second kappa shape index (κ2) is 7.41. The summed E-state index contributed by atoms with van der Waals surface area (Å²) < 4.78 is 0. The van der Waals surface area contributed by atoms with Gasteiger partial charge in [0.25, 0.3) is 5.91 Å². The lowest BCUT2D eigenvalue weighted by molar-refractivity contribution is 0.0945. The number of aryl methyl sites for hydroxylation is 1. The molecule has 1 unspecified atom stereocenters. The Kier molecular flexibility index (Phi) is 5.56. The molecule has 0 aliphatic carbocycles. The number of nitrogens with one attached hydrogen (secondary N) is 2. The second-order valence-corrected chi connectivity index (χ2v) is 5.96. The number of amides is 1. The number of hydrogen-bond acceptors (Lipinski definition) is 4. The summed E-state index contributed by atoms with van der Waals surface area (Å²) in [6.07, 6.45) is 2.62. The molecule has 1 aliphatic rings. The van der Waals surface area contributed by atoms with Gasteiger partial charge in [0.1, 0.15) is 5.82 Å². The van der Waals surface area contributed by atoms with Crippen LogP contribution in [-0.2, 0) is 0 Å². The largest absolute Gasteiger partial charge is 0.373 e. The molecule has 1 aliphatic heterocycles. The number of nitrogens with zero attached hydrogens (tertiary/aromatic N) is 2. The van der Waals surface area contributed by atoms with Crippen molar-refractivity contribution >= 4 is 11.7 Å². The van der Waals surface area contributed by atoms with Crippen LogP contribution in [0.15, 0.2) is 12.1 Å². The van der Waals surface area contributed by atoms with Crippen molar-refractivity contribution < 1.29 is 4.79 Å². The molecule has 5 heteroatoms. The van der Waals surface area contributed by atoms with Crippen LogP contribution in [0.3, 0.4) is 0 Å². The first-order valence-corrected chi connectivity index (χ1v) is 7.75. The molecule has 2 N–H and O–H groups in total. The number of aromatic nitrogens is 1. The predicted molar refractivity (Wildman–Crippen MR) is 85.7 cm³/mol. The molecular weight excluding hydrogens is 264 g/mol. The molecule has 2 rings (SSSR count). The van der Waals surface area contributed by atoms with Gasteiger partial charge in [0.05, 0.1) is 0 Å². The van der Waals surface area contributed by atoms with E-state index in [9.17, 15) is 4.79 Å². The first-order valence-electron chi connectivity index (χ1n) is 7.75. The highest BCUT2D eigenvalue weighted by Gasteiger charge is 2.15. The maximum atomic E-state index is 12.2. The Labute approximate surface area is 127 Å². The molecule has 1 aromatic rings. The van der Waals surface area contributed by atoms with Crippen molar-refractivity contribution in [3.63, 3.8) is 0 Å². The lowest BCUT2D eigenvalue weighted by Crippen LogP contribution is -2.34. The molecule has 5 nitrogen and oxygen atoms in total. The zero-order chi connectivity index (χ0) is 15.2. The molecule has 0 aromatic carbocycles. The van der Waals surface area contributed by atoms with Crippen molar-refractivity contribution in [1.82, 2.24) is 15.2 Å². The predicted octanol–water partition coefficient (Wildman–Crippen LogP) is 1.89. The summed E-state index contributed by atoms with van der Waals surface area (Å²) in [4.78, 5) is 19.0. The maximum absolute atomic E-state index is 12.2. The summed E-state index contributed by atoms with van der Waals surface area (Å²) in [5.74, 6) is 1.18. The summed E-state index contributed by atoms with van der Waals surface area (Å²) in [6, 6.07) is 3.61. The molecule has 1 saturated heterocycles. The van der Waals surface area contributed by atoms with E-state index in [1.54, 1.807) is 6.07 Å². The fourth-order valence-corrected chi connectivity index (χ4v) is 2.77. The van der Waals surface area contributed by atoms with E-state index in [0.717, 1.165) is 18.1 Å². The fraction of sp³-hybridized carbons (Fsp3) is 0.625. The third kappa shape index (κ3) is 4.70. The number of likely N-dealkylation sites (tertiary alicyclic amines) is 1. The molecule has 1 atom stereocenters. The van der Waals surface area contributed by atoms with E-state index >= 15 is 0 Å². The third-order valence-corrected chi connectivity index (χ3v) is 3.85. The molecule has 21 heavy (non-hydrogen) atoms. The van der Waals surface area contributed by atoms with E-state index in [4.69, 9.17) is 0 Å². The highest BCUT2D eigenvalue weighted by Crippen LogP contribution is 2.11. The first kappa shape index (κ1) is 15.8. The van der Waals surface area contributed by atoms with Crippen molar-refractivity contribution in [3.05, 3.63) is 23.4 Å². The summed E-state index contributed by atoms with van der Waals surface area (Å²) in [7, 11) is 1.81. The Morgan fingerprint density at radius 2 is 2.10 bits per heavy atom.